The zero-order valence-corrected chi connectivity index (χ0v) is 13.4. The van der Waals surface area contributed by atoms with Crippen LogP contribution in [0.2, 0.25) is 0 Å². The Kier molecular flexibility index (Phi) is 12.3. The molecule has 0 heterocycles. The summed E-state index contributed by atoms with van der Waals surface area (Å²) >= 11 is 0. The molecule has 0 fully saturated rings. The van der Waals surface area contributed by atoms with Crippen LogP contribution in [0.25, 0.3) is 0 Å². The number of amidine groups is 1. The summed E-state index contributed by atoms with van der Waals surface area (Å²) in [4.78, 5) is 28.0. The zero-order chi connectivity index (χ0) is 17.5. The van der Waals surface area contributed by atoms with Gasteiger partial charge in [0.15, 0.2) is 0 Å². The van der Waals surface area contributed by atoms with Gasteiger partial charge >= 0.3 is 11.9 Å². The Morgan fingerprint density at radius 1 is 1.17 bits per heavy atom. The fraction of sp³-hybridized carbons (Fsp3) is 0.643. The maximum Gasteiger partial charge on any atom is 0.376 e. The molecule has 23 heavy (non-hydrogen) atoms. The Bertz CT molecular complexity index is 410. The van der Waals surface area contributed by atoms with Crippen LogP contribution >= 0.6 is 0 Å². The molecule has 0 aliphatic carbocycles. The maximum atomic E-state index is 11.7. The molecule has 0 aromatic rings. The summed E-state index contributed by atoms with van der Waals surface area (Å²) in [6.07, 6.45) is 1.27. The number of ether oxygens (including phenoxy) is 3. The van der Waals surface area contributed by atoms with Gasteiger partial charge in [0, 0.05) is 6.42 Å². The van der Waals surface area contributed by atoms with E-state index in [1.165, 1.54) is 6.08 Å². The first-order valence-corrected chi connectivity index (χ1v) is 7.26. The van der Waals surface area contributed by atoms with E-state index in [1.54, 1.807) is 13.8 Å². The van der Waals surface area contributed by atoms with Crippen molar-refractivity contribution in [1.29, 1.82) is 5.41 Å². The number of hydrogen-bond acceptors (Lipinski definition) is 8. The zero-order valence-electron chi connectivity index (χ0n) is 13.4. The highest BCUT2D eigenvalue weighted by Crippen LogP contribution is 2.03. The number of nitrogens with one attached hydrogen (secondary N) is 2. The summed E-state index contributed by atoms with van der Waals surface area (Å²) in [6, 6.07) is 0. The maximum absolute atomic E-state index is 11.7. The van der Waals surface area contributed by atoms with E-state index in [-0.39, 0.29) is 57.5 Å². The van der Waals surface area contributed by atoms with Crippen molar-refractivity contribution in [3.8, 4) is 0 Å². The minimum Gasteiger partial charge on any atom is -0.466 e. The van der Waals surface area contributed by atoms with E-state index in [1.807, 2.05) is 0 Å². The molecule has 0 spiro atoms. The molecule has 0 radical (unpaired) electrons. The molecule has 9 nitrogen and oxygen atoms in total. The predicted octanol–water partition coefficient (Wildman–Crippen LogP) is 0.284. The highest BCUT2D eigenvalue weighted by Gasteiger charge is 2.15. The van der Waals surface area contributed by atoms with Crippen molar-refractivity contribution in [3.63, 3.8) is 0 Å². The molecule has 0 amide bonds. The van der Waals surface area contributed by atoms with Crippen LogP contribution in [0.15, 0.2) is 11.8 Å². The topological polar surface area (TPSA) is 127 Å². The van der Waals surface area contributed by atoms with Gasteiger partial charge < -0.3 is 24.2 Å². The first-order chi connectivity index (χ1) is 11.0. The van der Waals surface area contributed by atoms with Crippen molar-refractivity contribution >= 4 is 17.8 Å². The summed E-state index contributed by atoms with van der Waals surface area (Å²) in [5.41, 5.74) is 2.27. The van der Waals surface area contributed by atoms with E-state index in [0.717, 1.165) is 0 Å². The predicted molar refractivity (Wildman–Crippen MR) is 80.4 cm³/mol. The molecule has 132 valence electrons. The van der Waals surface area contributed by atoms with Crippen LogP contribution in [0.5, 0.6) is 0 Å². The summed E-state index contributed by atoms with van der Waals surface area (Å²) in [7, 11) is 0. The van der Waals surface area contributed by atoms with Crippen LogP contribution in [0.3, 0.4) is 0 Å². The highest BCUT2D eigenvalue weighted by molar-refractivity contribution is 5.87. The summed E-state index contributed by atoms with van der Waals surface area (Å²) in [5.74, 6) is -1.53. The molecule has 0 aliphatic rings. The molecule has 0 bridgehead atoms. The Labute approximate surface area is 135 Å². The van der Waals surface area contributed by atoms with Gasteiger partial charge in [0.2, 0.25) is 5.76 Å². The molecule has 0 rings (SSSR count). The molecule has 0 atom stereocenters. The number of rotatable bonds is 12. The molecular formula is C14H24N2O7. The van der Waals surface area contributed by atoms with Crippen molar-refractivity contribution in [2.45, 2.75) is 26.7 Å². The highest BCUT2D eigenvalue weighted by atomic mass is 16.7. The Morgan fingerprint density at radius 3 is 2.48 bits per heavy atom. The third-order valence-corrected chi connectivity index (χ3v) is 2.25. The summed E-state index contributed by atoms with van der Waals surface area (Å²) in [5, 5.41) is 16.1. The van der Waals surface area contributed by atoms with Gasteiger partial charge in [0.05, 0.1) is 39.5 Å². The van der Waals surface area contributed by atoms with Crippen LogP contribution < -0.4 is 5.48 Å². The first-order valence-electron chi connectivity index (χ1n) is 7.26. The summed E-state index contributed by atoms with van der Waals surface area (Å²) < 4.78 is 14.5. The average Bonchev–Trinajstić information content (AvgIpc) is 2.52. The van der Waals surface area contributed by atoms with E-state index in [2.05, 4.69) is 5.48 Å². The van der Waals surface area contributed by atoms with Crippen LogP contribution in [-0.2, 0) is 28.6 Å². The number of carbonyl (C=O) groups is 2. The van der Waals surface area contributed by atoms with Gasteiger partial charge in [-0.15, -0.1) is 0 Å². The number of carbonyl (C=O) groups excluding carboxylic acids is 2. The number of esters is 2. The second-order valence-corrected chi connectivity index (χ2v) is 4.07. The van der Waals surface area contributed by atoms with E-state index >= 15 is 0 Å². The fourth-order valence-electron chi connectivity index (χ4n) is 1.27. The molecule has 0 aromatic heterocycles. The van der Waals surface area contributed by atoms with Crippen LogP contribution in [0, 0.1) is 5.41 Å². The number of hydroxylamine groups is 1. The van der Waals surface area contributed by atoms with Gasteiger partial charge in [0.25, 0.3) is 0 Å². The smallest absolute Gasteiger partial charge is 0.376 e. The monoisotopic (exact) mass is 332 g/mol. The molecule has 0 saturated heterocycles. The van der Waals surface area contributed by atoms with Crippen molar-refractivity contribution < 1.29 is 33.7 Å². The molecule has 3 N–H and O–H groups in total. The molecule has 9 heteroatoms. The number of hydrogen-bond donors (Lipinski definition) is 3. The minimum atomic E-state index is -0.756. The lowest BCUT2D eigenvalue weighted by molar-refractivity contribution is -0.143. The first kappa shape index (κ1) is 20.9. The molecular weight excluding hydrogens is 308 g/mol. The quantitative estimate of drug-likeness (QED) is 0.0884. The SMILES string of the molecule is CCOC(=O)C/C=C(/ONC(=N)CCOCCO)C(=O)OCC. The lowest BCUT2D eigenvalue weighted by atomic mass is 10.3. The molecule has 0 saturated carbocycles. The number of aliphatic hydroxyl groups excluding tert-OH is 1. The van der Waals surface area contributed by atoms with Crippen molar-refractivity contribution in [2.24, 2.45) is 0 Å². The lowest BCUT2D eigenvalue weighted by Crippen LogP contribution is -2.27. The average molecular weight is 332 g/mol. The Hall–Kier alpha value is -2.13. The lowest BCUT2D eigenvalue weighted by Gasteiger charge is -2.11. The molecule has 0 unspecified atom stereocenters. The van der Waals surface area contributed by atoms with Crippen molar-refractivity contribution in [2.75, 3.05) is 33.0 Å². The largest absolute Gasteiger partial charge is 0.466 e. The van der Waals surface area contributed by atoms with E-state index in [9.17, 15) is 9.59 Å². The van der Waals surface area contributed by atoms with E-state index in [4.69, 9.17) is 29.6 Å². The van der Waals surface area contributed by atoms with Crippen molar-refractivity contribution in [1.82, 2.24) is 5.48 Å². The fourth-order valence-corrected chi connectivity index (χ4v) is 1.27. The second-order valence-electron chi connectivity index (χ2n) is 4.07. The Morgan fingerprint density at radius 2 is 1.87 bits per heavy atom. The molecule has 0 aliphatic heterocycles. The van der Waals surface area contributed by atoms with E-state index < -0.39 is 11.9 Å². The number of aliphatic hydroxyl groups is 1. The summed E-state index contributed by atoms with van der Waals surface area (Å²) in [6.45, 7) is 3.99. The van der Waals surface area contributed by atoms with Crippen LogP contribution in [0.4, 0.5) is 0 Å². The minimum absolute atomic E-state index is 0.0331. The third kappa shape index (κ3) is 11.1. The van der Waals surface area contributed by atoms with Gasteiger partial charge in [-0.2, -0.15) is 0 Å². The van der Waals surface area contributed by atoms with Gasteiger partial charge in [0.1, 0.15) is 5.84 Å². The van der Waals surface area contributed by atoms with Crippen LogP contribution in [0.1, 0.15) is 26.7 Å². The van der Waals surface area contributed by atoms with Crippen molar-refractivity contribution in [3.05, 3.63) is 11.8 Å². The third-order valence-electron chi connectivity index (χ3n) is 2.25. The van der Waals surface area contributed by atoms with Gasteiger partial charge in [-0.3, -0.25) is 10.2 Å². The van der Waals surface area contributed by atoms with Crippen LogP contribution in [-0.4, -0.2) is 55.9 Å². The van der Waals surface area contributed by atoms with Gasteiger partial charge in [-0.1, -0.05) is 0 Å². The van der Waals surface area contributed by atoms with Gasteiger partial charge in [-0.25, -0.2) is 10.3 Å². The Balaban J connectivity index is 4.40. The normalized spacial score (nSPS) is 10.8. The van der Waals surface area contributed by atoms with E-state index in [0.29, 0.717) is 0 Å². The molecule has 0 aromatic carbocycles. The van der Waals surface area contributed by atoms with Gasteiger partial charge in [-0.05, 0) is 19.9 Å². The second kappa shape index (κ2) is 13.5. The standard InChI is InChI=1S/C14H24N2O7/c1-3-21-13(18)6-5-11(14(19)22-4-2)23-16-12(15)7-9-20-10-8-17/h5,17H,3-4,6-10H2,1-2H3,(H2,15,16)/b11-5+.